The quantitative estimate of drug-likeness (QED) is 0.131. The van der Waals surface area contributed by atoms with Crippen molar-refractivity contribution in [2.24, 2.45) is 0 Å². The lowest BCUT2D eigenvalue weighted by Gasteiger charge is -2.22. The molecule has 12 aromatic carbocycles. The Labute approximate surface area is 331 Å². The number of pyridine rings is 2. The van der Waals surface area contributed by atoms with E-state index in [0.717, 1.165) is 32.8 Å². The van der Waals surface area contributed by atoms with Crippen molar-refractivity contribution >= 4 is 119 Å². The van der Waals surface area contributed by atoms with Crippen molar-refractivity contribution < 1.29 is 0 Å². The molecule has 14 aromatic rings. The van der Waals surface area contributed by atoms with E-state index in [2.05, 4.69) is 182 Å². The van der Waals surface area contributed by atoms with Crippen molar-refractivity contribution in [1.82, 2.24) is 9.97 Å². The third kappa shape index (κ3) is 4.01. The monoisotopic (exact) mass is 730 g/mol. The summed E-state index contributed by atoms with van der Waals surface area (Å²) in [7, 11) is 0. The molecule has 0 amide bonds. The van der Waals surface area contributed by atoms with E-state index in [1.807, 2.05) is 0 Å². The Morgan fingerprint density at radius 3 is 1.03 bits per heavy atom. The SMILES string of the molecule is c1ccc2cc3cc(-c4c5ccccc5c5nc6ccc7c(-c8ccc9cc%10ccccc%10cc9c8)c8ccccc8c8nc9ccc4c5c9c6c78)ccc3cc2c1. The van der Waals surface area contributed by atoms with Crippen LogP contribution < -0.4 is 0 Å². The number of aromatic nitrogens is 2. The first-order valence-electron chi connectivity index (χ1n) is 20.1. The van der Waals surface area contributed by atoms with Gasteiger partial charge in [0.25, 0.3) is 0 Å². The molecule has 14 rings (SSSR count). The summed E-state index contributed by atoms with van der Waals surface area (Å²) in [5.74, 6) is 0. The van der Waals surface area contributed by atoms with E-state index in [9.17, 15) is 0 Å². The third-order valence-corrected chi connectivity index (χ3v) is 13.0. The zero-order chi connectivity index (χ0) is 37.6. The van der Waals surface area contributed by atoms with E-state index < -0.39 is 0 Å². The number of rotatable bonds is 2. The molecule has 2 heteroatoms. The van der Waals surface area contributed by atoms with Gasteiger partial charge >= 0.3 is 0 Å². The highest BCUT2D eigenvalue weighted by Crippen LogP contribution is 2.50. The summed E-state index contributed by atoms with van der Waals surface area (Å²) in [6, 6.07) is 67.2. The van der Waals surface area contributed by atoms with E-state index >= 15 is 0 Å². The lowest BCUT2D eigenvalue weighted by Crippen LogP contribution is -1.98. The lowest BCUT2D eigenvalue weighted by atomic mass is 9.84. The molecule has 2 nitrogen and oxygen atoms in total. The fourth-order valence-corrected chi connectivity index (χ4v) is 10.4. The third-order valence-electron chi connectivity index (χ3n) is 13.0. The summed E-state index contributed by atoms with van der Waals surface area (Å²) in [6.07, 6.45) is 0. The van der Waals surface area contributed by atoms with Crippen LogP contribution in [-0.2, 0) is 0 Å². The Morgan fingerprint density at radius 1 is 0.241 bits per heavy atom. The van der Waals surface area contributed by atoms with Crippen molar-refractivity contribution in [2.45, 2.75) is 0 Å². The zero-order valence-corrected chi connectivity index (χ0v) is 31.2. The fraction of sp³-hybridized carbons (Fsp3) is 0. The molecule has 0 unspecified atom stereocenters. The Bertz CT molecular complexity index is 3820. The molecular formula is C56H30N2. The summed E-state index contributed by atoms with van der Waals surface area (Å²) in [6.45, 7) is 0. The molecule has 0 bridgehead atoms. The van der Waals surface area contributed by atoms with Gasteiger partial charge < -0.3 is 0 Å². The Hall–Kier alpha value is -7.68. The first-order valence-corrected chi connectivity index (χ1v) is 20.1. The van der Waals surface area contributed by atoms with Gasteiger partial charge in [0, 0.05) is 32.3 Å². The Kier molecular flexibility index (Phi) is 5.79. The van der Waals surface area contributed by atoms with Crippen LogP contribution in [0.5, 0.6) is 0 Å². The minimum Gasteiger partial charge on any atom is -0.247 e. The van der Waals surface area contributed by atoms with Crippen LogP contribution in [0, 0.1) is 0 Å². The minimum atomic E-state index is 1.01. The second kappa shape index (κ2) is 11.0. The number of fused-ring (bicyclic) bond motifs is 8. The van der Waals surface area contributed by atoms with Crippen LogP contribution in [0.1, 0.15) is 0 Å². The predicted octanol–water partition coefficient (Wildman–Crippen LogP) is 15.4. The normalized spacial score (nSPS) is 12.5. The van der Waals surface area contributed by atoms with Crippen LogP contribution in [0.25, 0.3) is 141 Å². The molecule has 0 aliphatic carbocycles. The molecule has 0 saturated carbocycles. The van der Waals surface area contributed by atoms with Gasteiger partial charge in [-0.3, -0.25) is 0 Å². The second-order valence-electron chi connectivity index (χ2n) is 16.0. The van der Waals surface area contributed by atoms with Gasteiger partial charge in [-0.2, -0.15) is 0 Å². The topological polar surface area (TPSA) is 25.8 Å². The van der Waals surface area contributed by atoms with Gasteiger partial charge in [0.2, 0.25) is 0 Å². The lowest BCUT2D eigenvalue weighted by molar-refractivity contribution is 1.50. The molecule has 0 atom stereocenters. The van der Waals surface area contributed by atoms with Crippen LogP contribution in [0.4, 0.5) is 0 Å². The Morgan fingerprint density at radius 2 is 0.603 bits per heavy atom. The first-order chi connectivity index (χ1) is 28.7. The Balaban J connectivity index is 1.11. The largest absolute Gasteiger partial charge is 0.247 e. The van der Waals surface area contributed by atoms with E-state index in [-0.39, 0.29) is 0 Å². The van der Waals surface area contributed by atoms with Gasteiger partial charge in [0.15, 0.2) is 0 Å². The molecule has 0 N–H and O–H groups in total. The highest BCUT2D eigenvalue weighted by atomic mass is 14.7. The molecule has 0 spiro atoms. The van der Waals surface area contributed by atoms with Crippen molar-refractivity contribution in [3.05, 3.63) is 182 Å². The van der Waals surface area contributed by atoms with Gasteiger partial charge in [-0.15, -0.1) is 0 Å². The van der Waals surface area contributed by atoms with Gasteiger partial charge in [-0.25, -0.2) is 9.97 Å². The molecule has 264 valence electrons. The van der Waals surface area contributed by atoms with E-state index in [4.69, 9.17) is 9.97 Å². The van der Waals surface area contributed by atoms with E-state index in [1.165, 1.54) is 108 Å². The van der Waals surface area contributed by atoms with Crippen LogP contribution in [-0.4, -0.2) is 9.97 Å². The average Bonchev–Trinajstić information content (AvgIpc) is 3.28. The summed E-state index contributed by atoms with van der Waals surface area (Å²) >= 11 is 0. The van der Waals surface area contributed by atoms with E-state index in [1.54, 1.807) is 0 Å². The van der Waals surface area contributed by atoms with Gasteiger partial charge in [0.1, 0.15) is 0 Å². The van der Waals surface area contributed by atoms with Crippen LogP contribution in [0.15, 0.2) is 182 Å². The minimum absolute atomic E-state index is 1.01. The van der Waals surface area contributed by atoms with Gasteiger partial charge in [-0.05, 0) is 135 Å². The van der Waals surface area contributed by atoms with Crippen molar-refractivity contribution in [3.8, 4) is 22.3 Å². The molecule has 0 radical (unpaired) electrons. The van der Waals surface area contributed by atoms with Gasteiger partial charge in [0.05, 0.1) is 22.1 Å². The number of hydrogen-bond donors (Lipinski definition) is 0. The smallest absolute Gasteiger partial charge is 0.0801 e. The zero-order valence-electron chi connectivity index (χ0n) is 31.2. The number of hydrogen-bond acceptors (Lipinski definition) is 2. The maximum atomic E-state index is 5.60. The molecule has 2 heterocycles. The second-order valence-corrected chi connectivity index (χ2v) is 16.0. The summed E-state index contributed by atoms with van der Waals surface area (Å²) < 4.78 is 0. The molecule has 0 saturated heterocycles. The molecular weight excluding hydrogens is 701 g/mol. The molecule has 0 aliphatic rings. The molecule has 0 fully saturated rings. The molecule has 2 aromatic heterocycles. The van der Waals surface area contributed by atoms with Crippen LogP contribution in [0.2, 0.25) is 0 Å². The fourth-order valence-electron chi connectivity index (χ4n) is 10.4. The van der Waals surface area contributed by atoms with Crippen molar-refractivity contribution in [2.75, 3.05) is 0 Å². The van der Waals surface area contributed by atoms with Crippen molar-refractivity contribution in [1.29, 1.82) is 0 Å². The van der Waals surface area contributed by atoms with Gasteiger partial charge in [-0.1, -0.05) is 133 Å². The average molecular weight is 731 g/mol. The number of nitrogens with zero attached hydrogens (tertiary/aromatic N) is 2. The number of benzene rings is 12. The van der Waals surface area contributed by atoms with Crippen LogP contribution in [0.3, 0.4) is 0 Å². The first kappa shape index (κ1) is 30.5. The highest BCUT2D eigenvalue weighted by Gasteiger charge is 2.25. The van der Waals surface area contributed by atoms with Crippen molar-refractivity contribution in [3.63, 3.8) is 0 Å². The maximum absolute atomic E-state index is 5.60. The predicted molar refractivity (Wildman–Crippen MR) is 248 cm³/mol. The summed E-state index contributed by atoms with van der Waals surface area (Å²) in [5, 5.41) is 21.9. The van der Waals surface area contributed by atoms with E-state index in [0.29, 0.717) is 0 Å². The highest BCUT2D eigenvalue weighted by molar-refractivity contribution is 6.41. The summed E-state index contributed by atoms with van der Waals surface area (Å²) in [4.78, 5) is 11.2. The van der Waals surface area contributed by atoms with Crippen LogP contribution >= 0.6 is 0 Å². The summed E-state index contributed by atoms with van der Waals surface area (Å²) in [5.41, 5.74) is 8.98. The molecule has 58 heavy (non-hydrogen) atoms. The molecule has 0 aliphatic heterocycles. The maximum Gasteiger partial charge on any atom is 0.0801 e. The standard InChI is InChI=1S/C56H30N2/c1-3-11-33-27-39-29-37(19-17-35(39)25-31(33)9-1)49-41-13-5-7-15-43(41)55-51-45(49)21-23-47-53(51)54-48(57-55)24-22-46-50(42-14-6-8-16-44(42)56(58-47)52(46)54)38-20-18-36-26-32-10-2-4-12-34(32)28-40(36)30-38/h1-30H.